The molecule has 0 rings (SSSR count). The van der Waals surface area contributed by atoms with E-state index < -0.39 is 14.6 Å². The Balaban J connectivity index is 5.53. The summed E-state index contributed by atoms with van der Waals surface area (Å²) in [6.07, 6.45) is 9.20. The van der Waals surface area contributed by atoms with Crippen LogP contribution in [-0.4, -0.2) is 13.2 Å². The summed E-state index contributed by atoms with van der Waals surface area (Å²) in [4.78, 5) is 0.283. The van der Waals surface area contributed by atoms with Crippen LogP contribution in [0.4, 0.5) is 0 Å². The molecule has 0 unspecified atom stereocenters. The van der Waals surface area contributed by atoms with Gasteiger partial charge in [0.15, 0.2) is 9.84 Å². The van der Waals surface area contributed by atoms with Crippen molar-refractivity contribution in [1.82, 2.24) is 0 Å². The van der Waals surface area contributed by atoms with Crippen LogP contribution in [0.1, 0.15) is 33.6 Å². The van der Waals surface area contributed by atoms with E-state index in [4.69, 9.17) is 0 Å². The zero-order valence-corrected chi connectivity index (χ0v) is 11.8. The van der Waals surface area contributed by atoms with Crippen molar-refractivity contribution in [3.05, 3.63) is 48.4 Å². The molecule has 0 amide bonds. The Bertz CT molecular complexity index is 423. The molecule has 96 valence electrons. The van der Waals surface area contributed by atoms with Crippen molar-refractivity contribution in [2.24, 2.45) is 0 Å². The fourth-order valence-electron chi connectivity index (χ4n) is 1.57. The lowest BCUT2D eigenvalue weighted by Gasteiger charge is -2.24. The summed E-state index contributed by atoms with van der Waals surface area (Å²) in [6.45, 7) is 12.6. The average molecular weight is 254 g/mol. The molecule has 0 N–H and O–H groups in total. The molecule has 0 heterocycles. The summed E-state index contributed by atoms with van der Waals surface area (Å²) in [5, 5.41) is 0. The van der Waals surface area contributed by atoms with Gasteiger partial charge in [0.1, 0.15) is 0 Å². The molecule has 0 aliphatic carbocycles. The van der Waals surface area contributed by atoms with Crippen LogP contribution in [0.25, 0.3) is 0 Å². The summed E-state index contributed by atoms with van der Waals surface area (Å²) in [6, 6.07) is 0. The molecule has 0 aromatic rings. The molecule has 0 bridgehead atoms. The van der Waals surface area contributed by atoms with Crippen molar-refractivity contribution in [2.75, 3.05) is 0 Å². The van der Waals surface area contributed by atoms with E-state index in [1.54, 1.807) is 32.1 Å². The van der Waals surface area contributed by atoms with E-state index in [0.29, 0.717) is 6.42 Å². The minimum atomic E-state index is -3.34. The molecule has 0 aliphatic rings. The largest absolute Gasteiger partial charge is 0.223 e. The molecule has 0 radical (unpaired) electrons. The molecular formula is C14H22O2S. The Hall–Kier alpha value is -1.09. The predicted molar refractivity (Wildman–Crippen MR) is 75.5 cm³/mol. The predicted octanol–water partition coefficient (Wildman–Crippen LogP) is 3.79. The van der Waals surface area contributed by atoms with Crippen molar-refractivity contribution in [1.29, 1.82) is 0 Å². The van der Waals surface area contributed by atoms with Crippen LogP contribution in [0.15, 0.2) is 48.4 Å². The third-order valence-corrected chi connectivity index (χ3v) is 5.12. The standard InChI is InChI=1S/C14H22O2S/c1-6-9-11-13(10-7-2)17(15,16)14(4,5)12-8-3/h6-7,9-11H,1-2,8,12H2,3-5H3/b11-9-,13-10+. The van der Waals surface area contributed by atoms with Gasteiger partial charge in [-0.25, -0.2) is 8.42 Å². The fraction of sp³-hybridized carbons (Fsp3) is 0.429. The maximum absolute atomic E-state index is 12.4. The summed E-state index contributed by atoms with van der Waals surface area (Å²) >= 11 is 0. The van der Waals surface area contributed by atoms with Gasteiger partial charge in [-0.2, -0.15) is 0 Å². The molecule has 17 heavy (non-hydrogen) atoms. The molecule has 0 atom stereocenters. The number of allylic oxidation sites excluding steroid dienone is 5. The quantitative estimate of drug-likeness (QED) is 0.648. The van der Waals surface area contributed by atoms with Crippen LogP contribution >= 0.6 is 0 Å². The molecule has 0 aliphatic heterocycles. The van der Waals surface area contributed by atoms with Gasteiger partial charge in [0, 0.05) is 0 Å². The Morgan fingerprint density at radius 3 is 2.24 bits per heavy atom. The van der Waals surface area contributed by atoms with Gasteiger partial charge in [0.05, 0.1) is 9.65 Å². The number of rotatable bonds is 7. The second-order valence-corrected chi connectivity index (χ2v) is 7.00. The second kappa shape index (κ2) is 6.60. The van der Waals surface area contributed by atoms with E-state index in [2.05, 4.69) is 13.2 Å². The van der Waals surface area contributed by atoms with E-state index in [0.717, 1.165) is 6.42 Å². The highest BCUT2D eigenvalue weighted by Crippen LogP contribution is 2.29. The van der Waals surface area contributed by atoms with Crippen molar-refractivity contribution in [3.63, 3.8) is 0 Å². The van der Waals surface area contributed by atoms with Crippen LogP contribution in [-0.2, 0) is 9.84 Å². The molecule has 0 fully saturated rings. The summed E-state index contributed by atoms with van der Waals surface area (Å²) < 4.78 is 24.1. The highest BCUT2D eigenvalue weighted by Gasteiger charge is 2.35. The molecule has 0 spiro atoms. The topological polar surface area (TPSA) is 34.1 Å². The molecule has 0 aromatic carbocycles. The third-order valence-electron chi connectivity index (χ3n) is 2.57. The van der Waals surface area contributed by atoms with Gasteiger partial charge in [-0.1, -0.05) is 44.7 Å². The van der Waals surface area contributed by atoms with Crippen LogP contribution < -0.4 is 0 Å². The van der Waals surface area contributed by atoms with Gasteiger partial charge < -0.3 is 0 Å². The minimum Gasteiger partial charge on any atom is -0.223 e. The summed E-state index contributed by atoms with van der Waals surface area (Å²) in [5.74, 6) is 0. The molecule has 0 saturated carbocycles. The van der Waals surface area contributed by atoms with E-state index in [1.807, 2.05) is 6.92 Å². The number of hydrogen-bond donors (Lipinski definition) is 0. The smallest absolute Gasteiger partial charge is 0.183 e. The van der Waals surface area contributed by atoms with Crippen molar-refractivity contribution in [3.8, 4) is 0 Å². The van der Waals surface area contributed by atoms with Gasteiger partial charge >= 0.3 is 0 Å². The SMILES string of the molecule is C=C/C=C\C(=C/C=C)S(=O)(=O)C(C)(C)CCC. The molecule has 2 nitrogen and oxygen atoms in total. The fourth-order valence-corrected chi connectivity index (χ4v) is 3.21. The van der Waals surface area contributed by atoms with Crippen molar-refractivity contribution >= 4 is 9.84 Å². The highest BCUT2D eigenvalue weighted by molar-refractivity contribution is 7.96. The van der Waals surface area contributed by atoms with Gasteiger partial charge in [-0.05, 0) is 32.4 Å². The Morgan fingerprint density at radius 2 is 1.82 bits per heavy atom. The Morgan fingerprint density at radius 1 is 1.24 bits per heavy atom. The van der Waals surface area contributed by atoms with Crippen molar-refractivity contribution < 1.29 is 8.42 Å². The maximum atomic E-state index is 12.4. The minimum absolute atomic E-state index is 0.283. The van der Waals surface area contributed by atoms with E-state index >= 15 is 0 Å². The van der Waals surface area contributed by atoms with E-state index in [-0.39, 0.29) is 4.91 Å². The van der Waals surface area contributed by atoms with Crippen LogP contribution in [0.5, 0.6) is 0 Å². The lowest BCUT2D eigenvalue weighted by Crippen LogP contribution is -2.32. The van der Waals surface area contributed by atoms with Crippen LogP contribution in [0.2, 0.25) is 0 Å². The zero-order valence-electron chi connectivity index (χ0n) is 10.9. The lowest BCUT2D eigenvalue weighted by molar-refractivity contribution is 0.530. The van der Waals surface area contributed by atoms with Crippen LogP contribution in [0.3, 0.4) is 0 Å². The first-order chi connectivity index (χ1) is 7.83. The van der Waals surface area contributed by atoms with Crippen LogP contribution in [0, 0.1) is 0 Å². The normalized spacial score (nSPS) is 13.9. The Labute approximate surface area is 105 Å². The Kier molecular flexibility index (Phi) is 6.18. The number of hydrogen-bond acceptors (Lipinski definition) is 2. The molecular weight excluding hydrogens is 232 g/mol. The monoisotopic (exact) mass is 254 g/mol. The van der Waals surface area contributed by atoms with Gasteiger partial charge in [-0.15, -0.1) is 0 Å². The zero-order chi connectivity index (χ0) is 13.5. The lowest BCUT2D eigenvalue weighted by atomic mass is 10.1. The molecule has 3 heteroatoms. The highest BCUT2D eigenvalue weighted by atomic mass is 32.2. The first kappa shape index (κ1) is 15.9. The first-order valence-electron chi connectivity index (χ1n) is 5.70. The summed E-state index contributed by atoms with van der Waals surface area (Å²) in [5.41, 5.74) is 0. The van der Waals surface area contributed by atoms with Gasteiger partial charge in [0.25, 0.3) is 0 Å². The van der Waals surface area contributed by atoms with E-state index in [9.17, 15) is 8.42 Å². The number of sulfone groups is 1. The first-order valence-corrected chi connectivity index (χ1v) is 7.18. The summed E-state index contributed by atoms with van der Waals surface area (Å²) in [7, 11) is -3.34. The van der Waals surface area contributed by atoms with E-state index in [1.165, 1.54) is 12.2 Å². The molecule has 0 aromatic heterocycles. The van der Waals surface area contributed by atoms with Crippen molar-refractivity contribution in [2.45, 2.75) is 38.4 Å². The van der Waals surface area contributed by atoms with Gasteiger partial charge in [-0.3, -0.25) is 0 Å². The third kappa shape index (κ3) is 4.00. The maximum Gasteiger partial charge on any atom is 0.183 e. The average Bonchev–Trinajstić information content (AvgIpc) is 2.23. The second-order valence-electron chi connectivity index (χ2n) is 4.41. The molecule has 0 saturated heterocycles. The van der Waals surface area contributed by atoms with Gasteiger partial charge in [0.2, 0.25) is 0 Å².